The van der Waals surface area contributed by atoms with Crippen LogP contribution in [-0.4, -0.2) is 19.6 Å². The summed E-state index contributed by atoms with van der Waals surface area (Å²) in [6, 6.07) is 16.4. The third kappa shape index (κ3) is 1.61. The number of para-hydroxylation sites is 2. The van der Waals surface area contributed by atoms with Crippen LogP contribution in [0.25, 0.3) is 21.8 Å². The van der Waals surface area contributed by atoms with E-state index in [0.717, 1.165) is 21.8 Å². The van der Waals surface area contributed by atoms with E-state index in [0.29, 0.717) is 6.67 Å². The van der Waals surface area contributed by atoms with Crippen LogP contribution in [0.2, 0.25) is 0 Å². The lowest BCUT2D eigenvalue weighted by Crippen LogP contribution is -2.10. The molecule has 2 heterocycles. The smallest absolute Gasteiger partial charge is 0.134 e. The summed E-state index contributed by atoms with van der Waals surface area (Å²) in [6.07, 6.45) is 3.78. The molecule has 2 aromatic heterocycles. The molecule has 0 saturated carbocycles. The zero-order valence-corrected chi connectivity index (χ0v) is 10.3. The van der Waals surface area contributed by atoms with Crippen LogP contribution < -0.4 is 0 Å². The van der Waals surface area contributed by atoms with Gasteiger partial charge in [-0.05, 0) is 12.1 Å². The summed E-state index contributed by atoms with van der Waals surface area (Å²) >= 11 is 0. The molecule has 0 N–H and O–H groups in total. The molecule has 4 rings (SSSR count). The lowest BCUT2D eigenvalue weighted by molar-refractivity contribution is 0.530. The van der Waals surface area contributed by atoms with Crippen molar-refractivity contribution in [3.8, 4) is 0 Å². The Morgan fingerprint density at radius 3 is 1.68 bits per heavy atom. The standard InChI is InChI=1S/C15H12N4/c1-3-7-14-12(5-1)9-16-18(14)11-19-15-8-4-2-6-13(15)10-17-19/h1-10H,11H2. The molecule has 0 aliphatic carbocycles. The predicted octanol–water partition coefficient (Wildman–Crippen LogP) is 2.89. The fraction of sp³-hybridized carbons (Fsp3) is 0.0667. The Morgan fingerprint density at radius 2 is 1.16 bits per heavy atom. The minimum absolute atomic E-state index is 0.626. The van der Waals surface area contributed by atoms with Gasteiger partial charge in [-0.15, -0.1) is 0 Å². The van der Waals surface area contributed by atoms with Crippen molar-refractivity contribution in [2.75, 3.05) is 0 Å². The summed E-state index contributed by atoms with van der Waals surface area (Å²) in [5.74, 6) is 0. The second-order valence-electron chi connectivity index (χ2n) is 4.55. The maximum atomic E-state index is 4.43. The molecular weight excluding hydrogens is 236 g/mol. The van der Waals surface area contributed by atoms with Crippen molar-refractivity contribution in [1.29, 1.82) is 0 Å². The van der Waals surface area contributed by atoms with Crippen LogP contribution in [0.4, 0.5) is 0 Å². The highest BCUT2D eigenvalue weighted by atomic mass is 15.4. The summed E-state index contributed by atoms with van der Waals surface area (Å²) < 4.78 is 3.93. The highest BCUT2D eigenvalue weighted by molar-refractivity contribution is 5.79. The molecule has 0 amide bonds. The molecule has 0 saturated heterocycles. The van der Waals surface area contributed by atoms with Gasteiger partial charge in [0.1, 0.15) is 6.67 Å². The molecule has 0 radical (unpaired) electrons. The van der Waals surface area contributed by atoms with Crippen molar-refractivity contribution >= 4 is 21.8 Å². The van der Waals surface area contributed by atoms with E-state index in [1.54, 1.807) is 0 Å². The van der Waals surface area contributed by atoms with Gasteiger partial charge in [-0.1, -0.05) is 36.4 Å². The first-order valence-electron chi connectivity index (χ1n) is 6.23. The molecular formula is C15H12N4. The van der Waals surface area contributed by atoms with Crippen molar-refractivity contribution in [2.45, 2.75) is 6.67 Å². The van der Waals surface area contributed by atoms with Gasteiger partial charge >= 0.3 is 0 Å². The van der Waals surface area contributed by atoms with Gasteiger partial charge in [0.25, 0.3) is 0 Å². The topological polar surface area (TPSA) is 35.6 Å². The van der Waals surface area contributed by atoms with Gasteiger partial charge in [-0.2, -0.15) is 10.2 Å². The van der Waals surface area contributed by atoms with E-state index in [2.05, 4.69) is 34.5 Å². The molecule has 0 aliphatic rings. The minimum Gasteiger partial charge on any atom is -0.243 e. The molecule has 0 aliphatic heterocycles. The third-order valence-electron chi connectivity index (χ3n) is 3.37. The molecule has 0 unspecified atom stereocenters. The van der Waals surface area contributed by atoms with E-state index in [4.69, 9.17) is 0 Å². The van der Waals surface area contributed by atoms with Crippen LogP contribution in [0.1, 0.15) is 0 Å². The van der Waals surface area contributed by atoms with Gasteiger partial charge in [0, 0.05) is 10.8 Å². The quantitative estimate of drug-likeness (QED) is 0.547. The van der Waals surface area contributed by atoms with Crippen molar-refractivity contribution in [1.82, 2.24) is 19.6 Å². The van der Waals surface area contributed by atoms with Gasteiger partial charge in [0.2, 0.25) is 0 Å². The van der Waals surface area contributed by atoms with Crippen LogP contribution in [0.5, 0.6) is 0 Å². The predicted molar refractivity (Wildman–Crippen MR) is 74.9 cm³/mol. The molecule has 2 aromatic carbocycles. The Bertz CT molecular complexity index is 784. The molecule has 19 heavy (non-hydrogen) atoms. The minimum atomic E-state index is 0.626. The maximum absolute atomic E-state index is 4.43. The fourth-order valence-electron chi connectivity index (χ4n) is 2.40. The van der Waals surface area contributed by atoms with Crippen LogP contribution in [0.3, 0.4) is 0 Å². The van der Waals surface area contributed by atoms with E-state index in [-0.39, 0.29) is 0 Å². The number of nitrogens with zero attached hydrogens (tertiary/aromatic N) is 4. The maximum Gasteiger partial charge on any atom is 0.134 e. The molecule has 92 valence electrons. The van der Waals surface area contributed by atoms with Gasteiger partial charge in [0.15, 0.2) is 0 Å². The Morgan fingerprint density at radius 1 is 0.684 bits per heavy atom. The SMILES string of the molecule is c1ccc2c(c1)cnn2Cn1ncc2ccccc21. The normalized spacial score (nSPS) is 11.4. The second-order valence-corrected chi connectivity index (χ2v) is 4.55. The van der Waals surface area contributed by atoms with Crippen LogP contribution in [-0.2, 0) is 6.67 Å². The van der Waals surface area contributed by atoms with Gasteiger partial charge in [-0.3, -0.25) is 0 Å². The Hall–Kier alpha value is -2.62. The zero-order valence-electron chi connectivity index (χ0n) is 10.3. The summed E-state index contributed by atoms with van der Waals surface area (Å²) in [5, 5.41) is 11.2. The zero-order chi connectivity index (χ0) is 12.7. The number of fused-ring (bicyclic) bond motifs is 2. The van der Waals surface area contributed by atoms with Crippen LogP contribution in [0, 0.1) is 0 Å². The second kappa shape index (κ2) is 3.95. The molecule has 4 nitrogen and oxygen atoms in total. The summed E-state index contributed by atoms with van der Waals surface area (Å²) in [5.41, 5.74) is 2.25. The van der Waals surface area contributed by atoms with Gasteiger partial charge in [0.05, 0.1) is 23.4 Å². The average molecular weight is 248 g/mol. The monoisotopic (exact) mass is 248 g/mol. The molecule has 0 atom stereocenters. The highest BCUT2D eigenvalue weighted by Crippen LogP contribution is 2.16. The molecule has 4 heteroatoms. The van der Waals surface area contributed by atoms with Crippen LogP contribution >= 0.6 is 0 Å². The number of hydrogen-bond donors (Lipinski definition) is 0. The number of hydrogen-bond acceptors (Lipinski definition) is 2. The van der Waals surface area contributed by atoms with E-state index >= 15 is 0 Å². The Labute approximate surface area is 109 Å². The van der Waals surface area contributed by atoms with Crippen molar-refractivity contribution in [3.63, 3.8) is 0 Å². The van der Waals surface area contributed by atoms with E-state index < -0.39 is 0 Å². The largest absolute Gasteiger partial charge is 0.243 e. The fourth-order valence-corrected chi connectivity index (χ4v) is 2.40. The molecule has 4 aromatic rings. The first-order valence-corrected chi connectivity index (χ1v) is 6.23. The Balaban J connectivity index is 1.82. The summed E-state index contributed by atoms with van der Waals surface area (Å²) in [6.45, 7) is 0.626. The lowest BCUT2D eigenvalue weighted by atomic mass is 10.2. The Kier molecular flexibility index (Phi) is 2.14. The third-order valence-corrected chi connectivity index (χ3v) is 3.37. The van der Waals surface area contributed by atoms with Crippen molar-refractivity contribution in [3.05, 3.63) is 60.9 Å². The van der Waals surface area contributed by atoms with E-state index in [1.165, 1.54) is 0 Å². The van der Waals surface area contributed by atoms with Crippen molar-refractivity contribution < 1.29 is 0 Å². The number of aromatic nitrogens is 4. The van der Waals surface area contributed by atoms with E-state index in [1.807, 2.05) is 46.0 Å². The average Bonchev–Trinajstić information content (AvgIpc) is 3.05. The van der Waals surface area contributed by atoms with Crippen LogP contribution in [0.15, 0.2) is 60.9 Å². The molecule has 0 bridgehead atoms. The van der Waals surface area contributed by atoms with Gasteiger partial charge in [-0.25, -0.2) is 9.36 Å². The lowest BCUT2D eigenvalue weighted by Gasteiger charge is -2.05. The number of benzene rings is 2. The highest BCUT2D eigenvalue weighted by Gasteiger charge is 2.05. The molecule has 0 fully saturated rings. The first kappa shape index (κ1) is 10.3. The van der Waals surface area contributed by atoms with Gasteiger partial charge < -0.3 is 0 Å². The summed E-state index contributed by atoms with van der Waals surface area (Å²) in [4.78, 5) is 0. The summed E-state index contributed by atoms with van der Waals surface area (Å²) in [7, 11) is 0. The van der Waals surface area contributed by atoms with E-state index in [9.17, 15) is 0 Å². The first-order chi connectivity index (χ1) is 9.42. The van der Waals surface area contributed by atoms with Crippen molar-refractivity contribution in [2.24, 2.45) is 0 Å². The number of rotatable bonds is 2. The molecule has 0 spiro atoms.